The fourth-order valence-corrected chi connectivity index (χ4v) is 11.8. The van der Waals surface area contributed by atoms with Crippen LogP contribution in [0.4, 0.5) is 11.4 Å². The lowest BCUT2D eigenvalue weighted by atomic mass is 9.86. The van der Waals surface area contributed by atoms with Gasteiger partial charge in [-0.15, -0.1) is 11.3 Å². The summed E-state index contributed by atoms with van der Waals surface area (Å²) < 4.78 is 3.62. The van der Waals surface area contributed by atoms with Crippen molar-refractivity contribution in [3.05, 3.63) is 200 Å². The van der Waals surface area contributed by atoms with E-state index in [1.165, 1.54) is 71.2 Å². The van der Waals surface area contributed by atoms with Gasteiger partial charge in [-0.3, -0.25) is 4.57 Å². The number of hydrogen-bond acceptors (Lipinski definition) is 4. The van der Waals surface area contributed by atoms with Gasteiger partial charge in [-0.25, -0.2) is 9.97 Å². The summed E-state index contributed by atoms with van der Waals surface area (Å²) in [5, 5.41) is 5.91. The fraction of sp³-hybridized carbons (Fsp3) is 0.0357. The Hall–Kier alpha value is -7.60. The number of hydrogen-bond donors (Lipinski definition) is 0. The second kappa shape index (κ2) is 12.5. The van der Waals surface area contributed by atoms with Crippen LogP contribution in [0.2, 0.25) is 0 Å². The average molecular weight is 795 g/mol. The second-order valence-electron chi connectivity index (χ2n) is 16.4. The largest absolute Gasteiger partial charge is 0.332 e. The third kappa shape index (κ3) is 4.53. The van der Waals surface area contributed by atoms with Crippen LogP contribution in [0.3, 0.4) is 0 Å². The van der Waals surface area contributed by atoms with Crippen LogP contribution in [0.25, 0.3) is 103 Å². The molecule has 0 fully saturated rings. The summed E-state index contributed by atoms with van der Waals surface area (Å²) in [6, 6.07) is 62.2. The number of fused-ring (bicyclic) bond motifs is 16. The molecular formula is C56H34N4S. The van der Waals surface area contributed by atoms with Crippen LogP contribution >= 0.6 is 11.3 Å². The summed E-state index contributed by atoms with van der Waals surface area (Å²) in [6.07, 6.45) is 9.24. The summed E-state index contributed by atoms with van der Waals surface area (Å²) in [4.78, 5) is 15.1. The van der Waals surface area contributed by atoms with Crippen molar-refractivity contribution in [2.45, 2.75) is 12.0 Å². The lowest BCUT2D eigenvalue weighted by Crippen LogP contribution is -2.28. The zero-order chi connectivity index (χ0) is 39.8. The van der Waals surface area contributed by atoms with E-state index in [0.29, 0.717) is 0 Å². The van der Waals surface area contributed by atoms with Gasteiger partial charge in [-0.05, 0) is 62.9 Å². The molecule has 5 heteroatoms. The Morgan fingerprint density at radius 3 is 2.05 bits per heavy atom. The number of benzene rings is 8. The van der Waals surface area contributed by atoms with Crippen LogP contribution < -0.4 is 4.90 Å². The van der Waals surface area contributed by atoms with Crippen LogP contribution in [0.5, 0.6) is 0 Å². The van der Waals surface area contributed by atoms with E-state index < -0.39 is 0 Å². The summed E-state index contributed by atoms with van der Waals surface area (Å²) >= 11 is 1.72. The lowest BCUT2D eigenvalue weighted by molar-refractivity contribution is 0.745. The van der Waals surface area contributed by atoms with E-state index >= 15 is 0 Å². The zero-order valence-corrected chi connectivity index (χ0v) is 33.6. The van der Waals surface area contributed by atoms with Gasteiger partial charge < -0.3 is 4.90 Å². The molecule has 0 amide bonds. The molecule has 2 aliphatic heterocycles. The van der Waals surface area contributed by atoms with Gasteiger partial charge >= 0.3 is 0 Å². The Labute approximate surface area is 355 Å². The average Bonchev–Trinajstić information content (AvgIpc) is 3.94. The Kier molecular flexibility index (Phi) is 6.79. The molecule has 0 radical (unpaired) electrons. The van der Waals surface area contributed by atoms with E-state index in [9.17, 15) is 0 Å². The van der Waals surface area contributed by atoms with Crippen molar-refractivity contribution in [2.75, 3.05) is 4.90 Å². The quantitative estimate of drug-likeness (QED) is 0.179. The minimum Gasteiger partial charge on any atom is -0.332 e. The van der Waals surface area contributed by atoms with Crippen LogP contribution in [0.1, 0.15) is 11.5 Å². The first kappa shape index (κ1) is 33.3. The smallest absolute Gasteiger partial charge is 0.166 e. The summed E-state index contributed by atoms with van der Waals surface area (Å²) in [5.41, 5.74) is 16.4. The zero-order valence-electron chi connectivity index (χ0n) is 32.8. The van der Waals surface area contributed by atoms with Crippen LogP contribution in [-0.4, -0.2) is 20.6 Å². The predicted molar refractivity (Wildman–Crippen MR) is 255 cm³/mol. The van der Waals surface area contributed by atoms with Gasteiger partial charge in [0.2, 0.25) is 0 Å². The van der Waals surface area contributed by atoms with Gasteiger partial charge in [0.05, 0.1) is 22.8 Å². The molecule has 0 spiro atoms. The van der Waals surface area contributed by atoms with Crippen molar-refractivity contribution < 1.29 is 0 Å². The summed E-state index contributed by atoms with van der Waals surface area (Å²) in [7, 11) is 0. The van der Waals surface area contributed by atoms with E-state index in [0.717, 1.165) is 49.2 Å². The third-order valence-electron chi connectivity index (χ3n) is 13.3. The molecule has 3 aromatic heterocycles. The van der Waals surface area contributed by atoms with Crippen molar-refractivity contribution in [3.63, 3.8) is 0 Å². The summed E-state index contributed by atoms with van der Waals surface area (Å²) in [5.74, 6) is 1.02. The van der Waals surface area contributed by atoms with Gasteiger partial charge in [-0.1, -0.05) is 170 Å². The first-order chi connectivity index (χ1) is 30.3. The first-order valence-corrected chi connectivity index (χ1v) is 21.8. The monoisotopic (exact) mass is 794 g/mol. The van der Waals surface area contributed by atoms with E-state index in [2.05, 4.69) is 204 Å². The molecule has 14 rings (SSSR count). The molecule has 2 atom stereocenters. The van der Waals surface area contributed by atoms with Crippen molar-refractivity contribution >= 4 is 75.7 Å². The normalized spacial score (nSPS) is 16.0. The highest BCUT2D eigenvalue weighted by molar-refractivity contribution is 7.25. The molecule has 2 unspecified atom stereocenters. The number of allylic oxidation sites excluding steroid dienone is 2. The number of thiophene rings is 1. The Bertz CT molecular complexity index is 3740. The SMILES string of the molecule is C1=CC2c3cc4c(c5c3N(c3ccccc3-c3ccccc3-5)C2C=C1)c1ccccc1n4-c1nc2sc3ccccc3c2nc1-c1ccc(-c2ccccc2)c2ccccc12. The van der Waals surface area contributed by atoms with Gasteiger partial charge in [0.25, 0.3) is 0 Å². The van der Waals surface area contributed by atoms with Crippen molar-refractivity contribution in [3.8, 4) is 50.5 Å². The Morgan fingerprint density at radius 2 is 1.18 bits per heavy atom. The molecule has 3 aliphatic rings. The minimum absolute atomic E-state index is 0.153. The van der Waals surface area contributed by atoms with Crippen LogP contribution in [0.15, 0.2) is 194 Å². The molecule has 0 N–H and O–H groups in total. The molecule has 5 heterocycles. The number of nitrogens with zero attached hydrogens (tertiary/aromatic N) is 4. The van der Waals surface area contributed by atoms with Gasteiger partial charge in [0.1, 0.15) is 16.0 Å². The molecule has 0 bridgehead atoms. The highest BCUT2D eigenvalue weighted by atomic mass is 32.1. The second-order valence-corrected chi connectivity index (χ2v) is 17.4. The van der Waals surface area contributed by atoms with Crippen molar-refractivity contribution in [2.24, 2.45) is 0 Å². The first-order valence-electron chi connectivity index (χ1n) is 21.0. The highest BCUT2D eigenvalue weighted by Gasteiger charge is 2.43. The van der Waals surface area contributed by atoms with E-state index in [1.807, 2.05) is 0 Å². The molecule has 4 nitrogen and oxygen atoms in total. The minimum atomic E-state index is 0.153. The number of para-hydroxylation sites is 2. The third-order valence-corrected chi connectivity index (χ3v) is 14.3. The number of anilines is 2. The molecule has 0 saturated heterocycles. The molecule has 0 saturated carbocycles. The molecule has 1 aliphatic carbocycles. The predicted octanol–water partition coefficient (Wildman–Crippen LogP) is 14.8. The molecule has 8 aromatic carbocycles. The maximum atomic E-state index is 5.76. The van der Waals surface area contributed by atoms with Gasteiger partial charge in [0.15, 0.2) is 5.82 Å². The van der Waals surface area contributed by atoms with Gasteiger partial charge in [-0.2, -0.15) is 0 Å². The van der Waals surface area contributed by atoms with Gasteiger partial charge in [0, 0.05) is 49.2 Å². The molecule has 11 aromatic rings. The molecular weight excluding hydrogens is 761 g/mol. The van der Waals surface area contributed by atoms with E-state index in [-0.39, 0.29) is 12.0 Å². The number of aromatic nitrogens is 3. The Balaban J connectivity index is 1.15. The fourth-order valence-electron chi connectivity index (χ4n) is 10.8. The molecule has 61 heavy (non-hydrogen) atoms. The van der Waals surface area contributed by atoms with E-state index in [1.54, 1.807) is 11.3 Å². The van der Waals surface area contributed by atoms with Crippen LogP contribution in [-0.2, 0) is 0 Å². The summed E-state index contributed by atoms with van der Waals surface area (Å²) in [6.45, 7) is 0. The van der Waals surface area contributed by atoms with Crippen molar-refractivity contribution in [1.82, 2.24) is 14.5 Å². The maximum Gasteiger partial charge on any atom is 0.166 e. The number of rotatable bonds is 3. The lowest BCUT2D eigenvalue weighted by Gasteiger charge is -2.30. The molecule has 284 valence electrons. The maximum absolute atomic E-state index is 5.76. The topological polar surface area (TPSA) is 34.0 Å². The standard InChI is InChI=1S/C56H34N4S/c1-2-16-33(17-3-1)34-30-31-41(36-19-5-4-18-35(34)36)52-55(58-56-53(57-52)43-25-11-15-29-49(43)61-56)60-47-28-14-10-24-42(47)50-48(60)32-44-39-22-9-13-27-46(39)59-45-26-12-8-21-38(45)37-20-6-7-23-40(37)51(50)54(44)59/h1-32,39,46H. The Morgan fingerprint density at radius 1 is 0.508 bits per heavy atom. The van der Waals surface area contributed by atoms with E-state index in [4.69, 9.17) is 9.97 Å². The van der Waals surface area contributed by atoms with Crippen molar-refractivity contribution in [1.29, 1.82) is 0 Å². The highest BCUT2D eigenvalue weighted by Crippen LogP contribution is 2.60. The van der Waals surface area contributed by atoms with Crippen LogP contribution in [0, 0.1) is 0 Å².